The second kappa shape index (κ2) is 7.31. The van der Waals surface area contributed by atoms with E-state index in [1.807, 2.05) is 0 Å². The largest absolute Gasteiger partial charge is 0.371 e. The molecule has 1 aromatic carbocycles. The molecule has 0 bridgehead atoms. The van der Waals surface area contributed by atoms with Gasteiger partial charge in [-0.15, -0.1) is 0 Å². The highest BCUT2D eigenvalue weighted by atomic mass is 15.1. The number of para-hydroxylation sites is 1. The van der Waals surface area contributed by atoms with Crippen LogP contribution in [0, 0.1) is 12.3 Å². The summed E-state index contributed by atoms with van der Waals surface area (Å²) in [6, 6.07) is 9.58. The third-order valence-electron chi connectivity index (χ3n) is 5.21. The predicted octanol–water partition coefficient (Wildman–Crippen LogP) is 4.38. The minimum atomic E-state index is 0.390. The van der Waals surface area contributed by atoms with Crippen LogP contribution in [0.5, 0.6) is 0 Å². The molecule has 1 aliphatic rings. The maximum atomic E-state index is 3.77. The van der Waals surface area contributed by atoms with E-state index in [0.717, 1.165) is 25.7 Å². The molecule has 1 aromatic rings. The lowest BCUT2D eigenvalue weighted by Gasteiger charge is -2.39. The minimum absolute atomic E-state index is 0.390. The number of anilines is 1. The first-order chi connectivity index (χ1) is 10.1. The first-order valence-electron chi connectivity index (χ1n) is 8.68. The van der Waals surface area contributed by atoms with Crippen molar-refractivity contribution in [2.75, 3.05) is 24.5 Å². The fourth-order valence-corrected chi connectivity index (χ4v) is 3.12. The molecule has 0 heterocycles. The third-order valence-corrected chi connectivity index (χ3v) is 5.21. The van der Waals surface area contributed by atoms with Gasteiger partial charge in [-0.05, 0) is 56.6 Å². The van der Waals surface area contributed by atoms with Gasteiger partial charge in [-0.2, -0.15) is 0 Å². The molecular weight excluding hydrogens is 256 g/mol. The topological polar surface area (TPSA) is 15.3 Å². The molecule has 0 spiro atoms. The zero-order chi connectivity index (χ0) is 15.3. The van der Waals surface area contributed by atoms with Crippen molar-refractivity contribution >= 4 is 5.69 Å². The van der Waals surface area contributed by atoms with E-state index in [9.17, 15) is 0 Å². The van der Waals surface area contributed by atoms with Crippen molar-refractivity contribution in [3.8, 4) is 0 Å². The van der Waals surface area contributed by atoms with Crippen LogP contribution in [0.3, 0.4) is 0 Å². The molecule has 0 amide bonds. The van der Waals surface area contributed by atoms with Crippen LogP contribution in [0.2, 0.25) is 0 Å². The van der Waals surface area contributed by atoms with E-state index in [4.69, 9.17) is 0 Å². The first-order valence-corrected chi connectivity index (χ1v) is 8.68. The van der Waals surface area contributed by atoms with E-state index in [1.165, 1.54) is 36.9 Å². The molecular formula is C19H32N2. The molecule has 1 fully saturated rings. The zero-order valence-corrected chi connectivity index (χ0v) is 14.3. The van der Waals surface area contributed by atoms with Crippen LogP contribution in [0.1, 0.15) is 52.0 Å². The van der Waals surface area contributed by atoms with Crippen molar-refractivity contribution in [2.45, 2.75) is 59.4 Å². The standard InChI is InChI=1S/C19H32N2/c1-5-19(6-2,14-20-17-12-13-17)15-21(7-3)18-11-9-8-10-16(18)4/h8-11,17,20H,5-7,12-15H2,1-4H3. The van der Waals surface area contributed by atoms with Gasteiger partial charge in [0.05, 0.1) is 0 Å². The molecule has 2 nitrogen and oxygen atoms in total. The molecule has 0 unspecified atom stereocenters. The van der Waals surface area contributed by atoms with Crippen LogP contribution >= 0.6 is 0 Å². The summed E-state index contributed by atoms with van der Waals surface area (Å²) in [6.45, 7) is 12.6. The van der Waals surface area contributed by atoms with Gasteiger partial charge < -0.3 is 10.2 Å². The quantitative estimate of drug-likeness (QED) is 0.725. The molecule has 0 radical (unpaired) electrons. The Kier molecular flexibility index (Phi) is 5.69. The van der Waals surface area contributed by atoms with Gasteiger partial charge in [-0.1, -0.05) is 32.0 Å². The van der Waals surface area contributed by atoms with E-state index in [2.05, 4.69) is 62.2 Å². The fraction of sp³-hybridized carbons (Fsp3) is 0.684. The van der Waals surface area contributed by atoms with Crippen molar-refractivity contribution in [1.82, 2.24) is 5.32 Å². The molecule has 1 aliphatic carbocycles. The van der Waals surface area contributed by atoms with Crippen LogP contribution in [0.15, 0.2) is 24.3 Å². The van der Waals surface area contributed by atoms with Crippen molar-refractivity contribution < 1.29 is 0 Å². The van der Waals surface area contributed by atoms with Gasteiger partial charge in [-0.3, -0.25) is 0 Å². The Morgan fingerprint density at radius 2 is 1.81 bits per heavy atom. The zero-order valence-electron chi connectivity index (χ0n) is 14.3. The summed E-state index contributed by atoms with van der Waals surface area (Å²) in [7, 11) is 0. The third kappa shape index (κ3) is 4.23. The van der Waals surface area contributed by atoms with Crippen molar-refractivity contribution in [1.29, 1.82) is 0 Å². The van der Waals surface area contributed by atoms with E-state index in [0.29, 0.717) is 5.41 Å². The van der Waals surface area contributed by atoms with Gasteiger partial charge in [0, 0.05) is 31.4 Å². The van der Waals surface area contributed by atoms with Gasteiger partial charge in [-0.25, -0.2) is 0 Å². The fourth-order valence-electron chi connectivity index (χ4n) is 3.12. The highest BCUT2D eigenvalue weighted by Crippen LogP contribution is 2.31. The second-order valence-electron chi connectivity index (χ2n) is 6.66. The molecule has 0 atom stereocenters. The Morgan fingerprint density at radius 3 is 2.33 bits per heavy atom. The van der Waals surface area contributed by atoms with Gasteiger partial charge in [0.15, 0.2) is 0 Å². The first kappa shape index (κ1) is 16.4. The van der Waals surface area contributed by atoms with Crippen LogP contribution in [-0.4, -0.2) is 25.7 Å². The number of benzene rings is 1. The Hall–Kier alpha value is -1.02. The highest BCUT2D eigenvalue weighted by Gasteiger charge is 2.31. The summed E-state index contributed by atoms with van der Waals surface area (Å²) < 4.78 is 0. The Morgan fingerprint density at radius 1 is 1.14 bits per heavy atom. The minimum Gasteiger partial charge on any atom is -0.371 e. The SMILES string of the molecule is CCN(CC(CC)(CC)CNC1CC1)c1ccccc1C. The predicted molar refractivity (Wildman–Crippen MR) is 93.1 cm³/mol. The van der Waals surface area contributed by atoms with Crippen LogP contribution in [-0.2, 0) is 0 Å². The number of aryl methyl sites for hydroxylation is 1. The average molecular weight is 288 g/mol. The van der Waals surface area contributed by atoms with Gasteiger partial charge >= 0.3 is 0 Å². The maximum absolute atomic E-state index is 3.77. The maximum Gasteiger partial charge on any atom is 0.0396 e. The van der Waals surface area contributed by atoms with Gasteiger partial charge in [0.1, 0.15) is 0 Å². The molecule has 21 heavy (non-hydrogen) atoms. The van der Waals surface area contributed by atoms with Crippen LogP contribution < -0.4 is 10.2 Å². The molecule has 1 saturated carbocycles. The monoisotopic (exact) mass is 288 g/mol. The summed E-state index contributed by atoms with van der Waals surface area (Å²) in [5.41, 5.74) is 3.18. The number of rotatable bonds is 9. The average Bonchev–Trinajstić information content (AvgIpc) is 3.34. The molecule has 118 valence electrons. The summed E-state index contributed by atoms with van der Waals surface area (Å²) >= 11 is 0. The lowest BCUT2D eigenvalue weighted by molar-refractivity contribution is 0.252. The molecule has 1 N–H and O–H groups in total. The molecule has 0 aliphatic heterocycles. The molecule has 0 aromatic heterocycles. The van der Waals surface area contributed by atoms with E-state index in [1.54, 1.807) is 0 Å². The van der Waals surface area contributed by atoms with Gasteiger partial charge in [0.2, 0.25) is 0 Å². The van der Waals surface area contributed by atoms with Crippen molar-refractivity contribution in [3.05, 3.63) is 29.8 Å². The number of hydrogen-bond donors (Lipinski definition) is 1. The molecule has 0 saturated heterocycles. The van der Waals surface area contributed by atoms with Crippen LogP contribution in [0.4, 0.5) is 5.69 Å². The lowest BCUT2D eigenvalue weighted by Crippen LogP contribution is -2.44. The van der Waals surface area contributed by atoms with Crippen LogP contribution in [0.25, 0.3) is 0 Å². The number of hydrogen-bond acceptors (Lipinski definition) is 2. The summed E-state index contributed by atoms with van der Waals surface area (Å²) in [5, 5.41) is 3.77. The van der Waals surface area contributed by atoms with Crippen molar-refractivity contribution in [3.63, 3.8) is 0 Å². The Balaban J connectivity index is 2.10. The molecule has 2 rings (SSSR count). The van der Waals surface area contributed by atoms with E-state index >= 15 is 0 Å². The van der Waals surface area contributed by atoms with Crippen molar-refractivity contribution in [2.24, 2.45) is 5.41 Å². The Bertz CT molecular complexity index is 433. The second-order valence-corrected chi connectivity index (χ2v) is 6.66. The van der Waals surface area contributed by atoms with Gasteiger partial charge in [0.25, 0.3) is 0 Å². The summed E-state index contributed by atoms with van der Waals surface area (Å²) in [6.07, 6.45) is 5.23. The molecule has 2 heteroatoms. The summed E-state index contributed by atoms with van der Waals surface area (Å²) in [4.78, 5) is 2.57. The number of nitrogens with zero attached hydrogens (tertiary/aromatic N) is 1. The van der Waals surface area contributed by atoms with E-state index < -0.39 is 0 Å². The lowest BCUT2D eigenvalue weighted by atomic mass is 9.81. The van der Waals surface area contributed by atoms with E-state index in [-0.39, 0.29) is 0 Å². The normalized spacial score (nSPS) is 15.2. The number of nitrogens with one attached hydrogen (secondary N) is 1. The highest BCUT2D eigenvalue weighted by molar-refractivity contribution is 5.53. The summed E-state index contributed by atoms with van der Waals surface area (Å²) in [5.74, 6) is 0. The Labute approximate surface area is 130 Å². The smallest absolute Gasteiger partial charge is 0.0396 e.